The maximum atomic E-state index is 12.4. The van der Waals surface area contributed by atoms with E-state index in [-0.39, 0.29) is 11.5 Å². The topological polar surface area (TPSA) is 121 Å². The Kier molecular flexibility index (Phi) is 6.15. The van der Waals surface area contributed by atoms with E-state index in [4.69, 9.17) is 9.15 Å². The van der Waals surface area contributed by atoms with Gasteiger partial charge in [0.2, 0.25) is 0 Å². The van der Waals surface area contributed by atoms with E-state index in [1.54, 1.807) is 24.3 Å². The summed E-state index contributed by atoms with van der Waals surface area (Å²) < 4.78 is 10.0. The number of furan rings is 1. The average molecular weight is 357 g/mol. The SMILES string of the molecule is COc1ccc(/C=C(\NC(=O)c2ccco2)C(=O)N[C@H](C)C(=O)[O-])cc1. The normalized spacial score (nSPS) is 12.2. The van der Waals surface area contributed by atoms with Crippen molar-refractivity contribution in [1.29, 1.82) is 0 Å². The molecule has 1 aromatic heterocycles. The van der Waals surface area contributed by atoms with Crippen molar-refractivity contribution in [2.45, 2.75) is 13.0 Å². The fraction of sp³-hybridized carbons (Fsp3) is 0.167. The van der Waals surface area contributed by atoms with Crippen LogP contribution < -0.4 is 20.5 Å². The van der Waals surface area contributed by atoms with Gasteiger partial charge in [0.25, 0.3) is 11.8 Å². The van der Waals surface area contributed by atoms with Gasteiger partial charge in [-0.15, -0.1) is 0 Å². The van der Waals surface area contributed by atoms with E-state index in [1.165, 1.54) is 38.5 Å². The number of carboxylic acids is 1. The van der Waals surface area contributed by atoms with Crippen LogP contribution in [-0.2, 0) is 9.59 Å². The molecule has 1 atom stereocenters. The zero-order valence-electron chi connectivity index (χ0n) is 14.1. The van der Waals surface area contributed by atoms with Gasteiger partial charge < -0.3 is 29.7 Å². The minimum Gasteiger partial charge on any atom is -0.548 e. The summed E-state index contributed by atoms with van der Waals surface area (Å²) in [6.07, 6.45) is 2.72. The summed E-state index contributed by atoms with van der Waals surface area (Å²) in [5, 5.41) is 15.5. The van der Waals surface area contributed by atoms with Gasteiger partial charge in [0, 0.05) is 0 Å². The molecule has 0 saturated heterocycles. The van der Waals surface area contributed by atoms with Crippen LogP contribution in [0.5, 0.6) is 5.75 Å². The number of carboxylic acid groups (broad SMARTS) is 1. The first-order chi connectivity index (χ1) is 12.4. The second-order valence-electron chi connectivity index (χ2n) is 5.28. The molecule has 136 valence electrons. The highest BCUT2D eigenvalue weighted by Crippen LogP contribution is 2.14. The van der Waals surface area contributed by atoms with Gasteiger partial charge >= 0.3 is 0 Å². The molecule has 1 heterocycles. The van der Waals surface area contributed by atoms with Gasteiger partial charge in [0.1, 0.15) is 11.4 Å². The second kappa shape index (κ2) is 8.52. The molecule has 2 rings (SSSR count). The van der Waals surface area contributed by atoms with Crippen LogP contribution in [0.25, 0.3) is 6.08 Å². The Morgan fingerprint density at radius 2 is 1.88 bits per heavy atom. The third-order valence-corrected chi connectivity index (χ3v) is 3.37. The predicted molar refractivity (Wildman–Crippen MR) is 89.8 cm³/mol. The number of nitrogens with one attached hydrogen (secondary N) is 2. The van der Waals surface area contributed by atoms with Crippen LogP contribution in [0.4, 0.5) is 0 Å². The molecule has 8 nitrogen and oxygen atoms in total. The van der Waals surface area contributed by atoms with Crippen molar-refractivity contribution in [2.75, 3.05) is 7.11 Å². The van der Waals surface area contributed by atoms with Crippen molar-refractivity contribution in [3.05, 3.63) is 59.7 Å². The Balaban J connectivity index is 2.27. The van der Waals surface area contributed by atoms with Crippen LogP contribution in [-0.4, -0.2) is 30.9 Å². The molecule has 0 unspecified atom stereocenters. The smallest absolute Gasteiger partial charge is 0.291 e. The highest BCUT2D eigenvalue weighted by atomic mass is 16.5. The Morgan fingerprint density at radius 3 is 2.42 bits per heavy atom. The molecule has 0 aliphatic rings. The summed E-state index contributed by atoms with van der Waals surface area (Å²) in [7, 11) is 1.52. The van der Waals surface area contributed by atoms with Gasteiger partial charge in [0.05, 0.1) is 25.4 Å². The zero-order chi connectivity index (χ0) is 19.1. The quantitative estimate of drug-likeness (QED) is 0.688. The van der Waals surface area contributed by atoms with Crippen molar-refractivity contribution in [1.82, 2.24) is 10.6 Å². The van der Waals surface area contributed by atoms with E-state index in [9.17, 15) is 19.5 Å². The Hall–Kier alpha value is -3.55. The van der Waals surface area contributed by atoms with Gasteiger partial charge in [0.15, 0.2) is 5.76 Å². The molecule has 0 bridgehead atoms. The standard InChI is InChI=1S/C18H18N2O6/c1-11(18(23)24)19-16(21)14(20-17(22)15-4-3-9-26-15)10-12-5-7-13(25-2)8-6-12/h3-11H,1-2H3,(H,19,21)(H,20,22)(H,23,24)/p-1/b14-10-/t11-/m1/s1. The molecule has 2 aromatic rings. The summed E-state index contributed by atoms with van der Waals surface area (Å²) in [5.74, 6) is -2.24. The van der Waals surface area contributed by atoms with Gasteiger partial charge in [-0.2, -0.15) is 0 Å². The Bertz CT molecular complexity index is 809. The van der Waals surface area contributed by atoms with Crippen molar-refractivity contribution in [3.63, 3.8) is 0 Å². The van der Waals surface area contributed by atoms with Gasteiger partial charge in [-0.05, 0) is 42.8 Å². The van der Waals surface area contributed by atoms with Crippen LogP contribution in [0.3, 0.4) is 0 Å². The number of rotatable bonds is 7. The number of carbonyl (C=O) groups excluding carboxylic acids is 3. The first-order valence-corrected chi connectivity index (χ1v) is 7.63. The molecule has 0 fully saturated rings. The number of hydrogen-bond donors (Lipinski definition) is 2. The molecule has 0 radical (unpaired) electrons. The van der Waals surface area contributed by atoms with Crippen molar-refractivity contribution >= 4 is 23.9 Å². The fourth-order valence-electron chi connectivity index (χ4n) is 1.95. The van der Waals surface area contributed by atoms with E-state index in [1.807, 2.05) is 0 Å². The number of amides is 2. The third-order valence-electron chi connectivity index (χ3n) is 3.37. The van der Waals surface area contributed by atoms with Gasteiger partial charge in [-0.25, -0.2) is 0 Å². The van der Waals surface area contributed by atoms with E-state index < -0.39 is 23.8 Å². The fourth-order valence-corrected chi connectivity index (χ4v) is 1.95. The first kappa shape index (κ1) is 18.8. The largest absolute Gasteiger partial charge is 0.548 e. The highest BCUT2D eigenvalue weighted by molar-refractivity contribution is 6.05. The third kappa shape index (κ3) is 4.97. The van der Waals surface area contributed by atoms with Crippen LogP contribution in [0.1, 0.15) is 23.0 Å². The molecule has 2 amide bonds. The van der Waals surface area contributed by atoms with Crippen LogP contribution in [0.15, 0.2) is 52.8 Å². The lowest BCUT2D eigenvalue weighted by Crippen LogP contribution is -2.48. The summed E-state index contributed by atoms with van der Waals surface area (Å²) in [6, 6.07) is 8.43. The Morgan fingerprint density at radius 1 is 1.19 bits per heavy atom. The number of benzene rings is 1. The number of methoxy groups -OCH3 is 1. The molecule has 8 heteroatoms. The number of ether oxygens (including phenoxy) is 1. The van der Waals surface area contributed by atoms with Crippen LogP contribution in [0.2, 0.25) is 0 Å². The second-order valence-corrected chi connectivity index (χ2v) is 5.28. The summed E-state index contributed by atoms with van der Waals surface area (Å²) in [6.45, 7) is 1.26. The van der Waals surface area contributed by atoms with Crippen LogP contribution in [0, 0.1) is 0 Å². The lowest BCUT2D eigenvalue weighted by atomic mass is 10.1. The molecular weight excluding hydrogens is 340 g/mol. The molecular formula is C18H17N2O6-. The monoisotopic (exact) mass is 357 g/mol. The van der Waals surface area contributed by atoms with Gasteiger partial charge in [-0.3, -0.25) is 9.59 Å². The van der Waals surface area contributed by atoms with Crippen molar-refractivity contribution in [3.8, 4) is 5.75 Å². The predicted octanol–water partition coefficient (Wildman–Crippen LogP) is 0.314. The molecule has 26 heavy (non-hydrogen) atoms. The summed E-state index contributed by atoms with van der Waals surface area (Å²) in [5.41, 5.74) is 0.446. The maximum Gasteiger partial charge on any atom is 0.291 e. The zero-order valence-corrected chi connectivity index (χ0v) is 14.1. The summed E-state index contributed by atoms with van der Waals surface area (Å²) >= 11 is 0. The minimum atomic E-state index is -1.44. The lowest BCUT2D eigenvalue weighted by molar-refractivity contribution is -0.307. The lowest BCUT2D eigenvalue weighted by Gasteiger charge is -2.16. The minimum absolute atomic E-state index is 0.00591. The number of aliphatic carboxylic acids is 1. The van der Waals surface area contributed by atoms with E-state index in [2.05, 4.69) is 10.6 Å². The number of carbonyl (C=O) groups is 3. The molecule has 2 N–H and O–H groups in total. The molecule has 0 aliphatic heterocycles. The molecule has 0 spiro atoms. The highest BCUT2D eigenvalue weighted by Gasteiger charge is 2.18. The number of hydrogen-bond acceptors (Lipinski definition) is 6. The average Bonchev–Trinajstić information content (AvgIpc) is 3.16. The Labute approximate surface area is 149 Å². The maximum absolute atomic E-state index is 12.4. The molecule has 0 saturated carbocycles. The molecule has 0 aliphatic carbocycles. The van der Waals surface area contributed by atoms with Crippen molar-refractivity contribution in [2.24, 2.45) is 0 Å². The van der Waals surface area contributed by atoms with E-state index in [0.717, 1.165) is 0 Å². The van der Waals surface area contributed by atoms with Crippen LogP contribution >= 0.6 is 0 Å². The van der Waals surface area contributed by atoms with E-state index >= 15 is 0 Å². The van der Waals surface area contributed by atoms with Gasteiger partial charge in [-0.1, -0.05) is 12.1 Å². The van der Waals surface area contributed by atoms with E-state index in [0.29, 0.717) is 11.3 Å². The first-order valence-electron chi connectivity index (χ1n) is 7.63. The summed E-state index contributed by atoms with van der Waals surface area (Å²) in [4.78, 5) is 35.3. The van der Waals surface area contributed by atoms with Crippen molar-refractivity contribution < 1.29 is 28.6 Å². The molecule has 1 aromatic carbocycles.